The van der Waals surface area contributed by atoms with Gasteiger partial charge in [-0.15, -0.1) is 0 Å². The first-order valence-electron chi connectivity index (χ1n) is 6.90. The van der Waals surface area contributed by atoms with Crippen LogP contribution in [0.3, 0.4) is 0 Å². The molecule has 1 aromatic carbocycles. The van der Waals surface area contributed by atoms with Crippen LogP contribution in [-0.2, 0) is 4.79 Å². The van der Waals surface area contributed by atoms with Crippen LogP contribution in [0, 0.1) is 0 Å². The van der Waals surface area contributed by atoms with E-state index in [1.807, 2.05) is 43.4 Å². The maximum atomic E-state index is 12.0. The molecule has 1 aromatic heterocycles. The number of pyridine rings is 1. The summed E-state index contributed by atoms with van der Waals surface area (Å²) in [6.07, 6.45) is 6.67. The molecule has 108 valence electrons. The van der Waals surface area contributed by atoms with Gasteiger partial charge in [-0.1, -0.05) is 18.2 Å². The number of rotatable bonds is 5. The molecule has 0 saturated carbocycles. The number of hydrogen-bond donors (Lipinski definition) is 1. The number of para-hydroxylation sites is 2. The zero-order chi connectivity index (χ0) is 15.1. The Balaban J connectivity index is 2.08. The first-order valence-corrected chi connectivity index (χ1v) is 6.90. The third-order valence-electron chi connectivity index (χ3n) is 3.16. The Bertz CT molecular complexity index is 623. The van der Waals surface area contributed by atoms with E-state index in [2.05, 4.69) is 22.1 Å². The first kappa shape index (κ1) is 14.8. The molecule has 0 atom stereocenters. The van der Waals surface area contributed by atoms with Crippen molar-refractivity contribution in [1.82, 2.24) is 4.98 Å². The molecule has 2 aromatic rings. The summed E-state index contributed by atoms with van der Waals surface area (Å²) in [7, 11) is 2.00. The Morgan fingerprint density at radius 1 is 1.29 bits per heavy atom. The zero-order valence-electron chi connectivity index (χ0n) is 12.3. The van der Waals surface area contributed by atoms with Gasteiger partial charge in [-0.05, 0) is 36.8 Å². The second kappa shape index (κ2) is 7.24. The molecule has 0 bridgehead atoms. The van der Waals surface area contributed by atoms with Gasteiger partial charge in [0, 0.05) is 32.1 Å². The van der Waals surface area contributed by atoms with Gasteiger partial charge >= 0.3 is 0 Å². The Hall–Kier alpha value is -2.62. The van der Waals surface area contributed by atoms with Crippen LogP contribution in [0.2, 0.25) is 0 Å². The highest BCUT2D eigenvalue weighted by Gasteiger charge is 2.06. The number of carbonyl (C=O) groups is 1. The molecule has 0 aliphatic rings. The van der Waals surface area contributed by atoms with Crippen LogP contribution in [0.4, 0.5) is 11.4 Å². The second-order valence-corrected chi connectivity index (χ2v) is 4.64. The summed E-state index contributed by atoms with van der Waals surface area (Å²) in [4.78, 5) is 18.1. The molecule has 4 nitrogen and oxygen atoms in total. The van der Waals surface area contributed by atoms with Gasteiger partial charge in [-0.2, -0.15) is 0 Å². The van der Waals surface area contributed by atoms with Crippen LogP contribution in [0.1, 0.15) is 12.5 Å². The van der Waals surface area contributed by atoms with E-state index in [4.69, 9.17) is 0 Å². The van der Waals surface area contributed by atoms with E-state index >= 15 is 0 Å². The van der Waals surface area contributed by atoms with E-state index in [1.54, 1.807) is 18.5 Å². The maximum Gasteiger partial charge on any atom is 0.248 e. The average molecular weight is 281 g/mol. The zero-order valence-corrected chi connectivity index (χ0v) is 12.3. The minimum absolute atomic E-state index is 0.157. The van der Waals surface area contributed by atoms with Crippen molar-refractivity contribution in [2.75, 3.05) is 23.8 Å². The third kappa shape index (κ3) is 4.18. The van der Waals surface area contributed by atoms with Crippen molar-refractivity contribution in [3.8, 4) is 0 Å². The normalized spacial score (nSPS) is 10.6. The third-order valence-corrected chi connectivity index (χ3v) is 3.16. The van der Waals surface area contributed by atoms with Crippen LogP contribution in [-0.4, -0.2) is 24.5 Å². The lowest BCUT2D eigenvalue weighted by molar-refractivity contribution is -0.111. The van der Waals surface area contributed by atoms with Crippen molar-refractivity contribution in [3.63, 3.8) is 0 Å². The number of nitrogens with one attached hydrogen (secondary N) is 1. The van der Waals surface area contributed by atoms with Crippen LogP contribution in [0.25, 0.3) is 6.08 Å². The average Bonchev–Trinajstić information content (AvgIpc) is 2.54. The summed E-state index contributed by atoms with van der Waals surface area (Å²) in [6.45, 7) is 2.94. The smallest absolute Gasteiger partial charge is 0.248 e. The summed E-state index contributed by atoms with van der Waals surface area (Å²) >= 11 is 0. The highest BCUT2D eigenvalue weighted by atomic mass is 16.1. The number of nitrogens with zero attached hydrogens (tertiary/aromatic N) is 2. The van der Waals surface area contributed by atoms with E-state index < -0.39 is 0 Å². The minimum Gasteiger partial charge on any atom is -0.373 e. The quantitative estimate of drug-likeness (QED) is 0.856. The van der Waals surface area contributed by atoms with Crippen molar-refractivity contribution in [1.29, 1.82) is 0 Å². The predicted molar refractivity (Wildman–Crippen MR) is 87.3 cm³/mol. The molecule has 0 aliphatic carbocycles. The molecule has 2 rings (SSSR count). The van der Waals surface area contributed by atoms with Gasteiger partial charge < -0.3 is 10.2 Å². The summed E-state index contributed by atoms with van der Waals surface area (Å²) in [5.74, 6) is -0.157. The lowest BCUT2D eigenvalue weighted by Crippen LogP contribution is -2.19. The molecule has 0 fully saturated rings. The van der Waals surface area contributed by atoms with Crippen LogP contribution in [0.5, 0.6) is 0 Å². The SMILES string of the molecule is CCN(C)c1ccccc1NC(=O)C=Cc1cccnc1. The Morgan fingerprint density at radius 2 is 2.10 bits per heavy atom. The predicted octanol–water partition coefficient (Wildman–Crippen LogP) is 3.19. The van der Waals surface area contributed by atoms with Crippen LogP contribution >= 0.6 is 0 Å². The number of hydrogen-bond acceptors (Lipinski definition) is 3. The van der Waals surface area contributed by atoms with Gasteiger partial charge in [0.15, 0.2) is 0 Å². The summed E-state index contributed by atoms with van der Waals surface area (Å²) < 4.78 is 0. The van der Waals surface area contributed by atoms with E-state index in [1.165, 1.54) is 6.08 Å². The van der Waals surface area contributed by atoms with Gasteiger partial charge in [-0.25, -0.2) is 0 Å². The van der Waals surface area contributed by atoms with E-state index in [9.17, 15) is 4.79 Å². The van der Waals surface area contributed by atoms with Crippen molar-refractivity contribution in [2.24, 2.45) is 0 Å². The van der Waals surface area contributed by atoms with Gasteiger partial charge in [0.2, 0.25) is 5.91 Å². The monoisotopic (exact) mass is 281 g/mol. The van der Waals surface area contributed by atoms with Gasteiger partial charge in [-0.3, -0.25) is 9.78 Å². The van der Waals surface area contributed by atoms with Gasteiger partial charge in [0.25, 0.3) is 0 Å². The molecule has 1 amide bonds. The Morgan fingerprint density at radius 3 is 2.81 bits per heavy atom. The summed E-state index contributed by atoms with van der Waals surface area (Å²) in [5.41, 5.74) is 2.71. The second-order valence-electron chi connectivity index (χ2n) is 4.64. The molecular weight excluding hydrogens is 262 g/mol. The van der Waals surface area contributed by atoms with Gasteiger partial charge in [0.1, 0.15) is 0 Å². The molecule has 0 unspecified atom stereocenters. The topological polar surface area (TPSA) is 45.2 Å². The summed E-state index contributed by atoms with van der Waals surface area (Å²) in [6, 6.07) is 11.5. The fourth-order valence-corrected chi connectivity index (χ4v) is 1.90. The molecule has 0 spiro atoms. The number of aromatic nitrogens is 1. The fourth-order valence-electron chi connectivity index (χ4n) is 1.90. The Labute approximate surface area is 125 Å². The first-order chi connectivity index (χ1) is 10.2. The van der Waals surface area contributed by atoms with E-state index in [-0.39, 0.29) is 5.91 Å². The number of benzene rings is 1. The molecule has 0 saturated heterocycles. The van der Waals surface area contributed by atoms with E-state index in [0.717, 1.165) is 23.5 Å². The van der Waals surface area contributed by atoms with Crippen molar-refractivity contribution < 1.29 is 4.79 Å². The molecule has 0 radical (unpaired) electrons. The molecular formula is C17H19N3O. The molecule has 4 heteroatoms. The van der Waals surface area contributed by atoms with E-state index in [0.29, 0.717) is 0 Å². The molecule has 21 heavy (non-hydrogen) atoms. The standard InChI is InChI=1S/C17H19N3O/c1-3-20(2)16-9-5-4-8-15(16)19-17(21)11-10-14-7-6-12-18-13-14/h4-13H,3H2,1-2H3,(H,19,21). The lowest BCUT2D eigenvalue weighted by Gasteiger charge is -2.20. The highest BCUT2D eigenvalue weighted by molar-refractivity contribution is 6.03. The maximum absolute atomic E-state index is 12.0. The molecule has 0 aliphatic heterocycles. The molecule has 1 heterocycles. The fraction of sp³-hybridized carbons (Fsp3) is 0.176. The van der Waals surface area contributed by atoms with Gasteiger partial charge in [0.05, 0.1) is 11.4 Å². The van der Waals surface area contributed by atoms with Crippen molar-refractivity contribution in [2.45, 2.75) is 6.92 Å². The Kier molecular flexibility index (Phi) is 5.10. The largest absolute Gasteiger partial charge is 0.373 e. The van der Waals surface area contributed by atoms with Crippen molar-refractivity contribution in [3.05, 3.63) is 60.4 Å². The summed E-state index contributed by atoms with van der Waals surface area (Å²) in [5, 5.41) is 2.91. The lowest BCUT2D eigenvalue weighted by atomic mass is 10.2. The number of anilines is 2. The number of amides is 1. The minimum atomic E-state index is -0.157. The highest BCUT2D eigenvalue weighted by Crippen LogP contribution is 2.24. The number of carbonyl (C=O) groups excluding carboxylic acids is 1. The van der Waals surface area contributed by atoms with Crippen molar-refractivity contribution >= 4 is 23.4 Å². The van der Waals surface area contributed by atoms with Crippen LogP contribution in [0.15, 0.2) is 54.9 Å². The van der Waals surface area contributed by atoms with Crippen LogP contribution < -0.4 is 10.2 Å². The molecule has 1 N–H and O–H groups in total.